The Hall–Kier alpha value is -3.53. The summed E-state index contributed by atoms with van der Waals surface area (Å²) in [6.07, 6.45) is 2.00. The second-order valence-electron chi connectivity index (χ2n) is 6.16. The minimum atomic E-state index is -0.918. The van der Waals surface area contributed by atoms with Gasteiger partial charge in [0.05, 0.1) is 27.8 Å². The van der Waals surface area contributed by atoms with Gasteiger partial charge in [0.2, 0.25) is 0 Å². The van der Waals surface area contributed by atoms with Crippen LogP contribution in [-0.2, 0) is 4.79 Å². The van der Waals surface area contributed by atoms with Crippen molar-refractivity contribution in [2.75, 3.05) is 6.61 Å². The van der Waals surface area contributed by atoms with Gasteiger partial charge in [0.25, 0.3) is 11.6 Å². The van der Waals surface area contributed by atoms with Crippen molar-refractivity contribution in [1.29, 1.82) is 0 Å². The summed E-state index contributed by atoms with van der Waals surface area (Å²) in [5, 5.41) is 18.3. The highest BCUT2D eigenvalue weighted by atomic mass is 32.1. The molecule has 4 rings (SSSR count). The number of non-ortho nitro benzene ring substituents is 1. The number of hydrogen-bond acceptors (Lipinski definition) is 7. The summed E-state index contributed by atoms with van der Waals surface area (Å²) in [5.41, 5.74) is 0.347. The normalized spacial score (nSPS) is 16.0. The summed E-state index contributed by atoms with van der Waals surface area (Å²) >= 11 is 1.51. The zero-order valence-electron chi connectivity index (χ0n) is 14.9. The van der Waals surface area contributed by atoms with E-state index in [1.54, 1.807) is 12.1 Å². The van der Waals surface area contributed by atoms with E-state index in [1.807, 2.05) is 17.5 Å². The molecular weight excluding hydrogens is 401 g/mol. The van der Waals surface area contributed by atoms with E-state index in [0.717, 1.165) is 28.8 Å². The van der Waals surface area contributed by atoms with Gasteiger partial charge in [-0.25, -0.2) is 9.40 Å². The summed E-state index contributed by atoms with van der Waals surface area (Å²) in [4.78, 5) is 23.7. The van der Waals surface area contributed by atoms with Crippen LogP contribution in [0.2, 0.25) is 0 Å². The lowest BCUT2D eigenvalue weighted by Crippen LogP contribution is -2.31. The van der Waals surface area contributed by atoms with Crippen LogP contribution in [0.4, 0.5) is 10.1 Å². The Morgan fingerprint density at radius 1 is 1.38 bits per heavy atom. The molecule has 1 amide bonds. The Balaban J connectivity index is 1.51. The number of nitrogens with zero attached hydrogens (tertiary/aromatic N) is 3. The molecule has 0 saturated heterocycles. The number of halogens is 1. The van der Waals surface area contributed by atoms with Crippen LogP contribution in [0.5, 0.6) is 5.75 Å². The first kappa shape index (κ1) is 18.8. The van der Waals surface area contributed by atoms with Gasteiger partial charge in [-0.1, -0.05) is 6.07 Å². The predicted molar refractivity (Wildman–Crippen MR) is 102 cm³/mol. The molecule has 1 atom stereocenters. The van der Waals surface area contributed by atoms with Gasteiger partial charge >= 0.3 is 0 Å². The maximum absolute atomic E-state index is 14.0. The summed E-state index contributed by atoms with van der Waals surface area (Å²) < 4.78 is 24.7. The molecule has 148 valence electrons. The van der Waals surface area contributed by atoms with Crippen molar-refractivity contribution in [3.63, 3.8) is 0 Å². The molecule has 0 radical (unpaired) electrons. The van der Waals surface area contributed by atoms with Crippen molar-refractivity contribution < 1.29 is 23.3 Å². The molecule has 0 spiro atoms. The first-order chi connectivity index (χ1) is 14.0. The summed E-state index contributed by atoms with van der Waals surface area (Å²) in [7, 11) is 0. The molecule has 29 heavy (non-hydrogen) atoms. The Bertz CT molecular complexity index is 1070. The largest absolute Gasteiger partial charge is 0.481 e. The molecule has 0 bridgehead atoms. The van der Waals surface area contributed by atoms with Crippen molar-refractivity contribution in [3.8, 4) is 5.75 Å². The molecule has 0 aliphatic carbocycles. The van der Waals surface area contributed by atoms with Crippen LogP contribution in [-0.4, -0.2) is 28.2 Å². The van der Waals surface area contributed by atoms with E-state index >= 15 is 0 Å². The number of nitro groups is 1. The highest BCUT2D eigenvalue weighted by Gasteiger charge is 2.35. The number of hydrazone groups is 1. The van der Waals surface area contributed by atoms with Gasteiger partial charge in [-0.3, -0.25) is 14.9 Å². The molecule has 10 heteroatoms. The highest BCUT2D eigenvalue weighted by Crippen LogP contribution is 2.34. The fraction of sp³-hybridized carbons (Fsp3) is 0.158. The molecule has 8 nitrogen and oxygen atoms in total. The van der Waals surface area contributed by atoms with Gasteiger partial charge in [0.15, 0.2) is 18.2 Å². The first-order valence-corrected chi connectivity index (χ1v) is 9.44. The minimum Gasteiger partial charge on any atom is -0.481 e. The van der Waals surface area contributed by atoms with Gasteiger partial charge in [-0.15, -0.1) is 11.3 Å². The number of ether oxygens (including phenoxy) is 1. The van der Waals surface area contributed by atoms with Crippen LogP contribution >= 0.6 is 11.3 Å². The molecule has 0 N–H and O–H groups in total. The quantitative estimate of drug-likeness (QED) is 0.445. The number of carbonyl (C=O) groups is 1. The molecule has 1 unspecified atom stereocenters. The van der Waals surface area contributed by atoms with Gasteiger partial charge in [-0.05, 0) is 29.6 Å². The third-order valence-corrected chi connectivity index (χ3v) is 5.24. The average molecular weight is 415 g/mol. The number of amides is 1. The second kappa shape index (κ2) is 7.84. The maximum Gasteiger partial charge on any atom is 0.281 e. The smallest absolute Gasteiger partial charge is 0.281 e. The molecule has 1 aliphatic heterocycles. The maximum atomic E-state index is 14.0. The standard InChI is InChI=1S/C19H14FN3O5S/c20-13-9-12(23(25)26)5-6-16(13)28-11-19(24)22-15(17-3-1-7-27-17)10-14(21-22)18-4-2-8-29-18/h1-9,15H,10-11H2. The zero-order valence-corrected chi connectivity index (χ0v) is 15.7. The zero-order chi connectivity index (χ0) is 20.4. The fourth-order valence-electron chi connectivity index (χ4n) is 2.96. The second-order valence-corrected chi connectivity index (χ2v) is 7.11. The van der Waals surface area contributed by atoms with Gasteiger partial charge in [0, 0.05) is 12.5 Å². The summed E-state index contributed by atoms with van der Waals surface area (Å²) in [6, 6.07) is 9.84. The van der Waals surface area contributed by atoms with Crippen molar-refractivity contribution in [3.05, 3.63) is 80.7 Å². The molecule has 0 saturated carbocycles. The highest BCUT2D eigenvalue weighted by molar-refractivity contribution is 7.12. The van der Waals surface area contributed by atoms with Gasteiger partial charge in [0.1, 0.15) is 11.8 Å². The lowest BCUT2D eigenvalue weighted by molar-refractivity contribution is -0.385. The molecule has 1 aromatic carbocycles. The van der Waals surface area contributed by atoms with Crippen molar-refractivity contribution in [2.24, 2.45) is 5.10 Å². The van der Waals surface area contributed by atoms with Crippen LogP contribution in [0, 0.1) is 15.9 Å². The molecular formula is C19H14FN3O5S. The Morgan fingerprint density at radius 3 is 2.90 bits per heavy atom. The van der Waals surface area contributed by atoms with E-state index in [4.69, 9.17) is 9.15 Å². The molecule has 3 heterocycles. The topological polar surface area (TPSA) is 98.2 Å². The van der Waals surface area contributed by atoms with Crippen molar-refractivity contribution in [1.82, 2.24) is 5.01 Å². The van der Waals surface area contributed by atoms with Crippen molar-refractivity contribution in [2.45, 2.75) is 12.5 Å². The third-order valence-electron chi connectivity index (χ3n) is 4.32. The number of benzene rings is 1. The van der Waals surface area contributed by atoms with Crippen LogP contribution in [0.3, 0.4) is 0 Å². The number of furan rings is 1. The molecule has 0 fully saturated rings. The Kier molecular flexibility index (Phi) is 5.09. The van der Waals surface area contributed by atoms with Gasteiger partial charge < -0.3 is 9.15 Å². The number of carbonyl (C=O) groups excluding carboxylic acids is 1. The lowest BCUT2D eigenvalue weighted by Gasteiger charge is -2.20. The van der Waals surface area contributed by atoms with E-state index in [0.29, 0.717) is 12.2 Å². The number of rotatable bonds is 6. The predicted octanol–water partition coefficient (Wildman–Crippen LogP) is 4.15. The number of nitro benzene ring substituents is 1. The van der Waals surface area contributed by atoms with Gasteiger partial charge in [-0.2, -0.15) is 5.10 Å². The molecule has 2 aromatic heterocycles. The summed E-state index contributed by atoms with van der Waals surface area (Å²) in [6.45, 7) is -0.479. The van der Waals surface area contributed by atoms with Crippen LogP contribution in [0.15, 0.2) is 63.6 Å². The van der Waals surface area contributed by atoms with E-state index < -0.39 is 35.0 Å². The number of hydrogen-bond donors (Lipinski definition) is 0. The summed E-state index contributed by atoms with van der Waals surface area (Å²) in [5.74, 6) is -1.08. The Labute approximate surface area is 168 Å². The molecule has 3 aromatic rings. The monoisotopic (exact) mass is 415 g/mol. The fourth-order valence-corrected chi connectivity index (χ4v) is 3.68. The first-order valence-electron chi connectivity index (χ1n) is 8.56. The lowest BCUT2D eigenvalue weighted by atomic mass is 10.1. The van der Waals surface area contributed by atoms with E-state index in [1.165, 1.54) is 22.6 Å². The van der Waals surface area contributed by atoms with Crippen molar-refractivity contribution >= 4 is 28.6 Å². The average Bonchev–Trinajstić information content (AvgIpc) is 3.47. The SMILES string of the molecule is O=C(COc1ccc([N+](=O)[O-])cc1F)N1N=C(c2cccs2)CC1c1ccco1. The number of thiophene rings is 1. The van der Waals surface area contributed by atoms with E-state index in [2.05, 4.69) is 5.10 Å². The third kappa shape index (κ3) is 3.87. The van der Waals surface area contributed by atoms with Crippen LogP contribution < -0.4 is 4.74 Å². The Morgan fingerprint density at radius 2 is 2.24 bits per heavy atom. The molecule has 1 aliphatic rings. The van der Waals surface area contributed by atoms with E-state index in [-0.39, 0.29) is 5.75 Å². The van der Waals surface area contributed by atoms with E-state index in [9.17, 15) is 19.3 Å². The van der Waals surface area contributed by atoms with Crippen LogP contribution in [0.25, 0.3) is 0 Å². The van der Waals surface area contributed by atoms with Crippen LogP contribution in [0.1, 0.15) is 23.1 Å². The minimum absolute atomic E-state index is 0.250.